The summed E-state index contributed by atoms with van der Waals surface area (Å²) in [5.41, 5.74) is 6.36. The van der Waals surface area contributed by atoms with Crippen LogP contribution in [0, 0.1) is 0 Å². The lowest BCUT2D eigenvalue weighted by molar-refractivity contribution is 0.582. The minimum absolute atomic E-state index is 0.354. The average molecular weight is 358 g/mol. The molecule has 0 amide bonds. The largest absolute Gasteiger partial charge is 0.464 e. The van der Waals surface area contributed by atoms with Crippen molar-refractivity contribution in [3.8, 4) is 22.5 Å². The molecule has 0 radical (unpaired) electrons. The Morgan fingerprint density at radius 1 is 0.737 bits per heavy atom. The number of fused-ring (bicyclic) bond motifs is 5. The Hall–Kier alpha value is -1.55. The fourth-order valence-corrected chi connectivity index (χ4v) is 3.87. The van der Waals surface area contributed by atoms with Gasteiger partial charge in [0.2, 0.25) is 0 Å². The highest BCUT2D eigenvalue weighted by Crippen LogP contribution is 2.48. The summed E-state index contributed by atoms with van der Waals surface area (Å²) >= 11 is 2.52. The van der Waals surface area contributed by atoms with Crippen LogP contribution in [0.3, 0.4) is 0 Å². The van der Waals surface area contributed by atoms with Crippen LogP contribution in [0.1, 0.15) is 15.1 Å². The molecule has 2 heteroatoms. The maximum absolute atomic E-state index is 5.76. The van der Waals surface area contributed by atoms with Crippen LogP contribution >= 0.6 is 22.6 Å². The highest BCUT2D eigenvalue weighted by Gasteiger charge is 2.26. The summed E-state index contributed by atoms with van der Waals surface area (Å²) in [5.74, 6) is 0.988. The van der Waals surface area contributed by atoms with E-state index in [4.69, 9.17) is 4.42 Å². The van der Waals surface area contributed by atoms with Crippen LogP contribution in [0.15, 0.2) is 65.3 Å². The van der Waals surface area contributed by atoms with Crippen molar-refractivity contribution in [2.24, 2.45) is 0 Å². The molecule has 1 aliphatic rings. The van der Waals surface area contributed by atoms with Gasteiger partial charge in [-0.05, 0) is 22.8 Å². The topological polar surface area (TPSA) is 13.1 Å². The predicted octanol–water partition coefficient (Wildman–Crippen LogP) is 5.45. The summed E-state index contributed by atoms with van der Waals surface area (Å²) < 4.78 is 6.12. The van der Waals surface area contributed by atoms with E-state index in [2.05, 4.69) is 77.2 Å². The van der Waals surface area contributed by atoms with Crippen LogP contribution in [0.2, 0.25) is 0 Å². The Morgan fingerprint density at radius 3 is 2.16 bits per heavy atom. The molecule has 92 valence electrons. The third-order valence-electron chi connectivity index (χ3n) is 3.67. The Bertz CT molecular complexity index is 695. The van der Waals surface area contributed by atoms with E-state index in [1.54, 1.807) is 6.26 Å². The van der Waals surface area contributed by atoms with Crippen molar-refractivity contribution in [1.29, 1.82) is 0 Å². The molecule has 19 heavy (non-hydrogen) atoms. The van der Waals surface area contributed by atoms with Crippen LogP contribution in [0.4, 0.5) is 0 Å². The number of hydrogen-bond donors (Lipinski definition) is 0. The first-order valence-corrected chi connectivity index (χ1v) is 7.51. The van der Waals surface area contributed by atoms with E-state index in [1.165, 1.54) is 27.8 Å². The van der Waals surface area contributed by atoms with E-state index in [1.807, 2.05) is 0 Å². The molecule has 0 N–H and O–H groups in total. The molecule has 0 saturated heterocycles. The standard InChI is InChI=1S/C17H11IO/c18-16-12-6-2-1-5-11(12)15-9-10-19-17(15)14-8-4-3-7-13(14)16/h1-10,16H. The van der Waals surface area contributed by atoms with Gasteiger partial charge in [0.05, 0.1) is 10.2 Å². The van der Waals surface area contributed by atoms with Crippen molar-refractivity contribution in [3.63, 3.8) is 0 Å². The third-order valence-corrected chi connectivity index (χ3v) is 5.01. The SMILES string of the molecule is IC1c2ccccc2-c2ccoc2-c2ccccc21. The summed E-state index contributed by atoms with van der Waals surface area (Å²) in [7, 11) is 0. The molecule has 1 aromatic heterocycles. The Labute approximate surface area is 125 Å². The van der Waals surface area contributed by atoms with E-state index >= 15 is 0 Å². The fourth-order valence-electron chi connectivity index (χ4n) is 2.79. The number of benzene rings is 2. The summed E-state index contributed by atoms with van der Waals surface area (Å²) in [6, 6.07) is 19.2. The molecule has 0 spiro atoms. The van der Waals surface area contributed by atoms with E-state index in [-0.39, 0.29) is 0 Å². The van der Waals surface area contributed by atoms with Gasteiger partial charge in [-0.2, -0.15) is 0 Å². The lowest BCUT2D eigenvalue weighted by atomic mass is 9.99. The Kier molecular flexibility index (Phi) is 2.52. The van der Waals surface area contributed by atoms with Crippen LogP contribution in [-0.4, -0.2) is 0 Å². The van der Waals surface area contributed by atoms with Gasteiger partial charge in [0, 0.05) is 11.1 Å². The van der Waals surface area contributed by atoms with Crippen molar-refractivity contribution in [2.75, 3.05) is 0 Å². The van der Waals surface area contributed by atoms with Crippen LogP contribution in [0.5, 0.6) is 0 Å². The normalized spacial score (nSPS) is 16.2. The maximum atomic E-state index is 5.76. The molecule has 0 fully saturated rings. The van der Waals surface area contributed by atoms with Gasteiger partial charge in [-0.1, -0.05) is 71.1 Å². The monoisotopic (exact) mass is 358 g/mol. The number of hydrogen-bond acceptors (Lipinski definition) is 1. The molecule has 1 nitrogen and oxygen atoms in total. The maximum Gasteiger partial charge on any atom is 0.142 e. The summed E-state index contributed by atoms with van der Waals surface area (Å²) in [6.07, 6.45) is 1.78. The zero-order valence-electron chi connectivity index (χ0n) is 10.1. The average Bonchev–Trinajstić information content (AvgIpc) is 2.92. The van der Waals surface area contributed by atoms with Crippen molar-refractivity contribution in [2.45, 2.75) is 3.92 Å². The van der Waals surface area contributed by atoms with Crippen LogP contribution < -0.4 is 0 Å². The van der Waals surface area contributed by atoms with Gasteiger partial charge < -0.3 is 4.42 Å². The second-order valence-electron chi connectivity index (χ2n) is 4.70. The summed E-state index contributed by atoms with van der Waals surface area (Å²) in [6.45, 7) is 0. The molecule has 1 aliphatic carbocycles. The zero-order valence-corrected chi connectivity index (χ0v) is 12.3. The summed E-state index contributed by atoms with van der Waals surface area (Å²) in [4.78, 5) is 0. The highest BCUT2D eigenvalue weighted by molar-refractivity contribution is 14.1. The number of alkyl halides is 1. The van der Waals surface area contributed by atoms with E-state index < -0.39 is 0 Å². The third kappa shape index (κ3) is 1.59. The Morgan fingerprint density at radius 2 is 1.37 bits per heavy atom. The molecular formula is C17H11IO. The van der Waals surface area contributed by atoms with Crippen molar-refractivity contribution in [3.05, 3.63) is 72.0 Å². The number of halogens is 1. The minimum atomic E-state index is 0.354. The lowest BCUT2D eigenvalue weighted by Crippen LogP contribution is -1.93. The smallest absolute Gasteiger partial charge is 0.142 e. The van der Waals surface area contributed by atoms with Gasteiger partial charge in [0.15, 0.2) is 0 Å². The molecule has 0 aliphatic heterocycles. The quantitative estimate of drug-likeness (QED) is 0.385. The first-order valence-electron chi connectivity index (χ1n) is 6.26. The first-order chi connectivity index (χ1) is 9.36. The molecular weight excluding hydrogens is 347 g/mol. The molecule has 3 aromatic rings. The first kappa shape index (κ1) is 11.3. The molecule has 1 unspecified atom stereocenters. The van der Waals surface area contributed by atoms with E-state index in [0.29, 0.717) is 3.92 Å². The van der Waals surface area contributed by atoms with Gasteiger partial charge in [-0.15, -0.1) is 0 Å². The Balaban J connectivity index is 2.15. The van der Waals surface area contributed by atoms with E-state index in [9.17, 15) is 0 Å². The predicted molar refractivity (Wildman–Crippen MR) is 85.4 cm³/mol. The molecule has 4 rings (SSSR count). The molecule has 1 atom stereocenters. The zero-order chi connectivity index (χ0) is 12.8. The molecule has 0 bridgehead atoms. The van der Waals surface area contributed by atoms with Crippen LogP contribution in [-0.2, 0) is 0 Å². The molecule has 2 aromatic carbocycles. The van der Waals surface area contributed by atoms with Gasteiger partial charge in [-0.3, -0.25) is 0 Å². The molecule has 0 saturated carbocycles. The highest BCUT2D eigenvalue weighted by atomic mass is 127. The summed E-state index contributed by atoms with van der Waals surface area (Å²) in [5, 5.41) is 0. The van der Waals surface area contributed by atoms with Crippen molar-refractivity contribution in [1.82, 2.24) is 0 Å². The second kappa shape index (κ2) is 4.23. The van der Waals surface area contributed by atoms with Gasteiger partial charge >= 0.3 is 0 Å². The fraction of sp³-hybridized carbons (Fsp3) is 0.0588. The van der Waals surface area contributed by atoms with Gasteiger partial charge in [0.1, 0.15) is 5.76 Å². The van der Waals surface area contributed by atoms with E-state index in [0.717, 1.165) is 5.76 Å². The number of rotatable bonds is 0. The van der Waals surface area contributed by atoms with Crippen molar-refractivity contribution >= 4 is 22.6 Å². The van der Waals surface area contributed by atoms with Crippen LogP contribution in [0.25, 0.3) is 22.5 Å². The molecule has 1 heterocycles. The van der Waals surface area contributed by atoms with Crippen molar-refractivity contribution < 1.29 is 4.42 Å². The van der Waals surface area contributed by atoms with Gasteiger partial charge in [-0.25, -0.2) is 0 Å². The lowest BCUT2D eigenvalue weighted by Gasteiger charge is -2.13. The minimum Gasteiger partial charge on any atom is -0.464 e. The second-order valence-corrected chi connectivity index (χ2v) is 5.95. The number of furan rings is 1. The van der Waals surface area contributed by atoms with Gasteiger partial charge in [0.25, 0.3) is 0 Å².